The fraction of sp³-hybridized carbons (Fsp3) is 0.455. The molecule has 1 fully saturated rings. The Morgan fingerprint density at radius 3 is 2.58 bits per heavy atom. The van der Waals surface area contributed by atoms with E-state index < -0.39 is 21.4 Å². The summed E-state index contributed by atoms with van der Waals surface area (Å²) in [5.41, 5.74) is 0.974. The number of rotatable bonds is 3. The van der Waals surface area contributed by atoms with E-state index in [1.165, 1.54) is 0 Å². The predicted molar refractivity (Wildman–Crippen MR) is 106 cm³/mol. The van der Waals surface area contributed by atoms with Gasteiger partial charge in [-0.15, -0.1) is 0 Å². The van der Waals surface area contributed by atoms with E-state index in [0.29, 0.717) is 10.5 Å². The summed E-state index contributed by atoms with van der Waals surface area (Å²) in [6, 6.07) is 7.14. The number of fused-ring (bicyclic) bond motifs is 1. The lowest BCUT2D eigenvalue weighted by Gasteiger charge is -2.42. The van der Waals surface area contributed by atoms with Gasteiger partial charge in [0.2, 0.25) is 0 Å². The van der Waals surface area contributed by atoms with Crippen LogP contribution < -0.4 is 0 Å². The molecule has 1 N–H and O–H groups in total. The van der Waals surface area contributed by atoms with Crippen LogP contribution in [-0.4, -0.2) is 25.4 Å². The summed E-state index contributed by atoms with van der Waals surface area (Å²) in [7, 11) is -3.45. The van der Waals surface area contributed by atoms with Crippen LogP contribution in [0.25, 0.3) is 0 Å². The van der Waals surface area contributed by atoms with Crippen molar-refractivity contribution in [1.29, 1.82) is 0 Å². The van der Waals surface area contributed by atoms with Crippen LogP contribution in [0.2, 0.25) is 0 Å². The average molecular weight is 373 g/mol. The molecule has 0 unspecified atom stereocenters. The van der Waals surface area contributed by atoms with Gasteiger partial charge in [0.25, 0.3) is 0 Å². The highest BCUT2D eigenvalue weighted by Gasteiger charge is 2.50. The van der Waals surface area contributed by atoms with Gasteiger partial charge in [0, 0.05) is 11.3 Å². The van der Waals surface area contributed by atoms with Gasteiger partial charge in [0.1, 0.15) is 0 Å². The minimum absolute atomic E-state index is 0.0305. The number of sulfone groups is 1. The minimum atomic E-state index is -3.45. The predicted octanol–water partition coefficient (Wildman–Crippen LogP) is 4.56. The Labute approximate surface area is 157 Å². The Morgan fingerprint density at radius 2 is 1.92 bits per heavy atom. The van der Waals surface area contributed by atoms with Gasteiger partial charge in [-0.1, -0.05) is 68.3 Å². The summed E-state index contributed by atoms with van der Waals surface area (Å²) < 4.78 is 26.4. The van der Waals surface area contributed by atoms with Crippen LogP contribution >= 0.6 is 0 Å². The molecule has 3 nitrogen and oxygen atoms in total. The molecule has 1 aliphatic heterocycles. The Morgan fingerprint density at radius 1 is 1.23 bits per heavy atom. The summed E-state index contributed by atoms with van der Waals surface area (Å²) in [4.78, 5) is 0.361. The number of aliphatic hydroxyl groups excluding tert-OH is 1. The van der Waals surface area contributed by atoms with Crippen LogP contribution in [0, 0.1) is 5.41 Å². The summed E-state index contributed by atoms with van der Waals surface area (Å²) in [6.07, 6.45) is 11.3. The molecule has 1 aromatic rings. The number of allylic oxidation sites excluding steroid dienone is 4. The Bertz CT molecular complexity index is 827. The Balaban J connectivity index is 2.25. The first-order valence-corrected chi connectivity index (χ1v) is 11.1. The van der Waals surface area contributed by atoms with Crippen molar-refractivity contribution >= 4 is 9.84 Å². The van der Waals surface area contributed by atoms with Gasteiger partial charge in [-0.05, 0) is 37.0 Å². The van der Waals surface area contributed by atoms with Crippen LogP contribution in [0.3, 0.4) is 0 Å². The van der Waals surface area contributed by atoms with Crippen molar-refractivity contribution in [1.82, 2.24) is 0 Å². The minimum Gasteiger partial charge on any atom is -0.392 e. The van der Waals surface area contributed by atoms with Crippen LogP contribution in [0.15, 0.2) is 65.6 Å². The number of benzene rings is 1. The number of hydrogen-bond acceptors (Lipinski definition) is 3. The molecule has 0 bridgehead atoms. The topological polar surface area (TPSA) is 54.4 Å². The third-order valence-electron chi connectivity index (χ3n) is 5.94. The highest BCUT2D eigenvalue weighted by Crippen LogP contribution is 2.51. The second-order valence-corrected chi connectivity index (χ2v) is 9.50. The standard InChI is InChI=1S/C22H28O3S/c1-3-5-11-17(4-2)20-18-12-7-8-13-19(18)26(24,25)16-22(21(20)23)14-9-6-10-15-22/h3-5,7-8,11-13,20-21,23H,2,6,9-10,14-16H2,1H3/b5-3-,17-11+/t20-,21+/m1/s1. The van der Waals surface area contributed by atoms with Crippen molar-refractivity contribution in [3.05, 3.63) is 66.3 Å². The van der Waals surface area contributed by atoms with Gasteiger partial charge in [-0.3, -0.25) is 0 Å². The molecule has 1 aromatic carbocycles. The summed E-state index contributed by atoms with van der Waals surface area (Å²) in [5.74, 6) is -0.349. The van der Waals surface area contributed by atoms with Crippen molar-refractivity contribution in [3.63, 3.8) is 0 Å². The van der Waals surface area contributed by atoms with Crippen molar-refractivity contribution in [3.8, 4) is 0 Å². The summed E-state index contributed by atoms with van der Waals surface area (Å²) >= 11 is 0. The molecule has 0 amide bonds. The monoisotopic (exact) mass is 372 g/mol. The molecule has 1 aliphatic carbocycles. The average Bonchev–Trinajstić information content (AvgIpc) is 2.70. The van der Waals surface area contributed by atoms with Crippen molar-refractivity contribution < 1.29 is 13.5 Å². The van der Waals surface area contributed by atoms with Crippen LogP contribution in [0.5, 0.6) is 0 Å². The van der Waals surface area contributed by atoms with E-state index in [-0.39, 0.29) is 11.7 Å². The number of hydrogen-bond donors (Lipinski definition) is 1. The summed E-state index contributed by atoms with van der Waals surface area (Å²) in [6.45, 7) is 5.87. The molecule has 26 heavy (non-hydrogen) atoms. The maximum Gasteiger partial charge on any atom is 0.179 e. The molecular weight excluding hydrogens is 344 g/mol. The lowest BCUT2D eigenvalue weighted by atomic mass is 9.65. The first-order chi connectivity index (χ1) is 12.4. The van der Waals surface area contributed by atoms with E-state index in [9.17, 15) is 13.5 Å². The summed E-state index contributed by atoms with van der Waals surface area (Å²) in [5, 5.41) is 11.5. The lowest BCUT2D eigenvalue weighted by molar-refractivity contribution is 0.00228. The molecule has 2 aliphatic rings. The highest BCUT2D eigenvalue weighted by molar-refractivity contribution is 7.91. The van der Waals surface area contributed by atoms with Gasteiger partial charge in [-0.25, -0.2) is 8.42 Å². The van der Waals surface area contributed by atoms with E-state index >= 15 is 0 Å². The highest BCUT2D eigenvalue weighted by atomic mass is 32.2. The van der Waals surface area contributed by atoms with E-state index in [1.54, 1.807) is 18.2 Å². The zero-order valence-corrected chi connectivity index (χ0v) is 16.2. The third kappa shape index (κ3) is 3.33. The van der Waals surface area contributed by atoms with Gasteiger partial charge in [0.05, 0.1) is 16.8 Å². The molecular formula is C22H28O3S. The SMILES string of the molecule is C=C/C(=C\C=C/C)[C@@H]1c2ccccc2S(=O)(=O)CC2(CCCCC2)[C@H]1O. The van der Waals surface area contributed by atoms with Gasteiger partial charge >= 0.3 is 0 Å². The van der Waals surface area contributed by atoms with Crippen LogP contribution in [0.1, 0.15) is 50.5 Å². The van der Waals surface area contributed by atoms with E-state index in [4.69, 9.17) is 0 Å². The molecule has 1 spiro atoms. The largest absolute Gasteiger partial charge is 0.392 e. The first kappa shape index (κ1) is 19.1. The maximum absolute atomic E-state index is 13.2. The zero-order valence-electron chi connectivity index (χ0n) is 15.4. The molecule has 3 rings (SSSR count). The fourth-order valence-electron chi connectivity index (χ4n) is 4.65. The van der Waals surface area contributed by atoms with E-state index in [0.717, 1.165) is 37.7 Å². The van der Waals surface area contributed by atoms with Crippen LogP contribution in [0.4, 0.5) is 0 Å². The van der Waals surface area contributed by atoms with E-state index in [2.05, 4.69) is 6.58 Å². The Kier molecular flexibility index (Phi) is 5.54. The molecule has 1 saturated carbocycles. The van der Waals surface area contributed by atoms with Crippen LogP contribution in [-0.2, 0) is 9.84 Å². The molecule has 0 saturated heterocycles. The second-order valence-electron chi connectivity index (χ2n) is 7.54. The molecule has 140 valence electrons. The lowest BCUT2D eigenvalue weighted by Crippen LogP contribution is -2.44. The zero-order chi connectivity index (χ0) is 18.8. The molecule has 2 atom stereocenters. The third-order valence-corrected chi connectivity index (χ3v) is 7.93. The van der Waals surface area contributed by atoms with Crippen molar-refractivity contribution in [2.75, 3.05) is 5.75 Å². The second kappa shape index (κ2) is 7.53. The molecule has 0 radical (unpaired) electrons. The maximum atomic E-state index is 13.2. The quantitative estimate of drug-likeness (QED) is 0.792. The van der Waals surface area contributed by atoms with Gasteiger partial charge < -0.3 is 5.11 Å². The fourth-order valence-corrected chi connectivity index (χ4v) is 6.86. The van der Waals surface area contributed by atoms with Crippen molar-refractivity contribution in [2.45, 2.75) is 55.9 Å². The normalized spacial score (nSPS) is 27.8. The number of aliphatic hydroxyl groups is 1. The van der Waals surface area contributed by atoms with Gasteiger partial charge in [0.15, 0.2) is 9.84 Å². The Hall–Kier alpha value is -1.65. The first-order valence-electron chi connectivity index (χ1n) is 9.40. The molecule has 4 heteroatoms. The van der Waals surface area contributed by atoms with Gasteiger partial charge in [-0.2, -0.15) is 0 Å². The smallest absolute Gasteiger partial charge is 0.179 e. The molecule has 0 aromatic heterocycles. The van der Waals surface area contributed by atoms with Crippen molar-refractivity contribution in [2.24, 2.45) is 5.41 Å². The molecule has 1 heterocycles. The van der Waals surface area contributed by atoms with E-state index in [1.807, 2.05) is 37.3 Å².